The van der Waals surface area contributed by atoms with E-state index >= 15 is 0 Å². The third-order valence-corrected chi connectivity index (χ3v) is 4.45. The molecule has 1 atom stereocenters. The summed E-state index contributed by atoms with van der Waals surface area (Å²) in [6.07, 6.45) is 4.61. The minimum Gasteiger partial charge on any atom is -0.335 e. The van der Waals surface area contributed by atoms with E-state index in [9.17, 15) is 0 Å². The van der Waals surface area contributed by atoms with Crippen molar-refractivity contribution < 1.29 is 0 Å². The fraction of sp³-hybridized carbons (Fsp3) is 0.417. The predicted octanol–water partition coefficient (Wildman–Crippen LogP) is 3.77. The third kappa shape index (κ3) is 2.88. The molecule has 0 aliphatic carbocycles. The van der Waals surface area contributed by atoms with Gasteiger partial charge in [-0.15, -0.1) is 11.3 Å². The van der Waals surface area contributed by atoms with Gasteiger partial charge in [-0.2, -0.15) is 0 Å². The minimum absolute atomic E-state index is 0.133. The largest absolute Gasteiger partial charge is 0.335 e. The molecule has 1 N–H and O–H groups in total. The first-order valence-electron chi connectivity index (χ1n) is 5.77. The van der Waals surface area contributed by atoms with Crippen molar-refractivity contribution in [1.29, 1.82) is 0 Å². The molecule has 0 bridgehead atoms. The Morgan fingerprint density at radius 3 is 2.83 bits per heavy atom. The van der Waals surface area contributed by atoms with Crippen LogP contribution in [0.25, 0.3) is 0 Å². The van der Waals surface area contributed by atoms with Gasteiger partial charge >= 0.3 is 0 Å². The number of nitrogens with one attached hydrogen (secondary N) is 1. The van der Waals surface area contributed by atoms with E-state index in [2.05, 4.69) is 21.8 Å². The molecule has 2 aromatic heterocycles. The standard InChI is InChI=1S/C12H15Cl2N3S/c1-3-17-5-4-16-11(17)7-9(15-2)8-6-10(13)18-12(8)14/h4-6,9,15H,3,7H2,1-2H3. The Bertz CT molecular complexity index is 521. The monoisotopic (exact) mass is 303 g/mol. The fourth-order valence-electron chi connectivity index (χ4n) is 1.96. The molecule has 6 heteroatoms. The van der Waals surface area contributed by atoms with Crippen molar-refractivity contribution in [2.45, 2.75) is 25.9 Å². The summed E-state index contributed by atoms with van der Waals surface area (Å²) in [7, 11) is 1.92. The number of imidazole rings is 1. The normalized spacial score (nSPS) is 12.9. The van der Waals surface area contributed by atoms with Crippen LogP contribution in [0.2, 0.25) is 8.67 Å². The zero-order valence-electron chi connectivity index (χ0n) is 10.3. The van der Waals surface area contributed by atoms with E-state index in [-0.39, 0.29) is 6.04 Å². The highest BCUT2D eigenvalue weighted by molar-refractivity contribution is 7.20. The topological polar surface area (TPSA) is 29.9 Å². The highest BCUT2D eigenvalue weighted by atomic mass is 35.5. The summed E-state index contributed by atoms with van der Waals surface area (Å²) in [6.45, 7) is 3.03. The second-order valence-corrected chi connectivity index (χ2v) is 6.24. The lowest BCUT2D eigenvalue weighted by atomic mass is 10.1. The predicted molar refractivity (Wildman–Crippen MR) is 77.7 cm³/mol. The number of nitrogens with zero attached hydrogens (tertiary/aromatic N) is 2. The van der Waals surface area contributed by atoms with Crippen molar-refractivity contribution in [3.63, 3.8) is 0 Å². The summed E-state index contributed by atoms with van der Waals surface area (Å²) >= 11 is 13.6. The molecule has 0 saturated heterocycles. The highest BCUT2D eigenvalue weighted by Crippen LogP contribution is 2.35. The molecule has 0 aromatic carbocycles. The van der Waals surface area contributed by atoms with Crippen LogP contribution >= 0.6 is 34.5 Å². The van der Waals surface area contributed by atoms with Crippen molar-refractivity contribution in [3.8, 4) is 0 Å². The van der Waals surface area contributed by atoms with E-state index in [1.54, 1.807) is 0 Å². The number of hydrogen-bond acceptors (Lipinski definition) is 3. The molecule has 0 saturated carbocycles. The van der Waals surface area contributed by atoms with Gasteiger partial charge in [0.1, 0.15) is 5.82 Å². The number of aromatic nitrogens is 2. The SMILES string of the molecule is CCn1ccnc1CC(NC)c1cc(Cl)sc1Cl. The molecule has 0 amide bonds. The Morgan fingerprint density at radius 2 is 2.28 bits per heavy atom. The van der Waals surface area contributed by atoms with E-state index in [0.717, 1.165) is 28.7 Å². The number of thiophene rings is 1. The van der Waals surface area contributed by atoms with Crippen LogP contribution in [-0.4, -0.2) is 16.6 Å². The van der Waals surface area contributed by atoms with Crippen LogP contribution in [0.1, 0.15) is 24.4 Å². The lowest BCUT2D eigenvalue weighted by molar-refractivity contribution is 0.554. The van der Waals surface area contributed by atoms with Gasteiger partial charge in [0, 0.05) is 37.0 Å². The lowest BCUT2D eigenvalue weighted by Gasteiger charge is -2.16. The average molecular weight is 304 g/mol. The van der Waals surface area contributed by atoms with Crippen molar-refractivity contribution >= 4 is 34.5 Å². The van der Waals surface area contributed by atoms with Crippen LogP contribution in [-0.2, 0) is 13.0 Å². The smallest absolute Gasteiger partial charge is 0.110 e. The van der Waals surface area contributed by atoms with Gasteiger partial charge in [-0.3, -0.25) is 0 Å². The van der Waals surface area contributed by atoms with Gasteiger partial charge in [0.25, 0.3) is 0 Å². The van der Waals surface area contributed by atoms with Gasteiger partial charge in [0.2, 0.25) is 0 Å². The van der Waals surface area contributed by atoms with E-state index in [1.165, 1.54) is 11.3 Å². The van der Waals surface area contributed by atoms with E-state index < -0.39 is 0 Å². The maximum Gasteiger partial charge on any atom is 0.110 e. The molecule has 0 radical (unpaired) electrons. The first-order chi connectivity index (χ1) is 8.65. The molecule has 0 spiro atoms. The van der Waals surface area contributed by atoms with E-state index in [1.807, 2.05) is 25.5 Å². The maximum atomic E-state index is 6.20. The van der Waals surface area contributed by atoms with Gasteiger partial charge < -0.3 is 9.88 Å². The quantitative estimate of drug-likeness (QED) is 0.911. The van der Waals surface area contributed by atoms with Crippen molar-refractivity contribution in [2.24, 2.45) is 0 Å². The Morgan fingerprint density at radius 1 is 1.50 bits per heavy atom. The molecule has 2 rings (SSSR count). The molecule has 2 heterocycles. The summed E-state index contributed by atoms with van der Waals surface area (Å²) < 4.78 is 3.59. The number of likely N-dealkylation sites (N-methyl/N-ethyl adjacent to an activating group) is 1. The van der Waals surface area contributed by atoms with E-state index in [4.69, 9.17) is 23.2 Å². The van der Waals surface area contributed by atoms with Crippen LogP contribution in [0.5, 0.6) is 0 Å². The number of rotatable bonds is 5. The summed E-state index contributed by atoms with van der Waals surface area (Å²) in [5.41, 5.74) is 1.04. The lowest BCUT2D eigenvalue weighted by Crippen LogP contribution is -2.20. The molecule has 0 aliphatic heterocycles. The fourth-order valence-corrected chi connectivity index (χ4v) is 3.54. The Labute approximate surface area is 121 Å². The molecule has 2 aromatic rings. The second-order valence-electron chi connectivity index (χ2n) is 3.95. The van der Waals surface area contributed by atoms with E-state index in [0.29, 0.717) is 4.34 Å². The molecule has 18 heavy (non-hydrogen) atoms. The zero-order valence-corrected chi connectivity index (χ0v) is 12.6. The average Bonchev–Trinajstić information content (AvgIpc) is 2.92. The number of halogens is 2. The minimum atomic E-state index is 0.133. The summed E-state index contributed by atoms with van der Waals surface area (Å²) in [6, 6.07) is 2.06. The number of hydrogen-bond donors (Lipinski definition) is 1. The summed E-state index contributed by atoms with van der Waals surface area (Å²) in [5.74, 6) is 1.05. The highest BCUT2D eigenvalue weighted by Gasteiger charge is 2.18. The van der Waals surface area contributed by atoms with Crippen molar-refractivity contribution in [2.75, 3.05) is 7.05 Å². The van der Waals surface area contributed by atoms with Crippen LogP contribution < -0.4 is 5.32 Å². The van der Waals surface area contributed by atoms with Crippen LogP contribution in [0.3, 0.4) is 0 Å². The maximum absolute atomic E-state index is 6.20. The van der Waals surface area contributed by atoms with Crippen molar-refractivity contribution in [3.05, 3.63) is 38.5 Å². The van der Waals surface area contributed by atoms with Crippen LogP contribution in [0.15, 0.2) is 18.5 Å². The van der Waals surface area contributed by atoms with Gasteiger partial charge in [-0.1, -0.05) is 23.2 Å². The third-order valence-electron chi connectivity index (χ3n) is 2.94. The zero-order chi connectivity index (χ0) is 13.1. The van der Waals surface area contributed by atoms with Gasteiger partial charge in [0.05, 0.1) is 8.67 Å². The molecule has 0 aliphatic rings. The van der Waals surface area contributed by atoms with Gasteiger partial charge in [0.15, 0.2) is 0 Å². The first-order valence-corrected chi connectivity index (χ1v) is 7.35. The summed E-state index contributed by atoms with van der Waals surface area (Å²) in [4.78, 5) is 4.39. The first kappa shape index (κ1) is 13.9. The Balaban J connectivity index is 2.22. The molecular formula is C12H15Cl2N3S. The van der Waals surface area contributed by atoms with Gasteiger partial charge in [-0.05, 0) is 20.0 Å². The molecule has 0 fully saturated rings. The Hall–Kier alpha value is -0.550. The number of aryl methyl sites for hydroxylation is 1. The Kier molecular flexibility index (Phi) is 4.67. The van der Waals surface area contributed by atoms with Crippen LogP contribution in [0, 0.1) is 0 Å². The second kappa shape index (κ2) is 6.06. The van der Waals surface area contributed by atoms with Crippen molar-refractivity contribution in [1.82, 2.24) is 14.9 Å². The van der Waals surface area contributed by atoms with Gasteiger partial charge in [-0.25, -0.2) is 4.98 Å². The van der Waals surface area contributed by atoms with Crippen LogP contribution in [0.4, 0.5) is 0 Å². The molecule has 1 unspecified atom stereocenters. The summed E-state index contributed by atoms with van der Waals surface area (Å²) in [5, 5.41) is 3.27. The molecule has 3 nitrogen and oxygen atoms in total. The molecule has 98 valence electrons. The molecular weight excluding hydrogens is 289 g/mol.